The number of nitriles is 1. The zero-order valence-electron chi connectivity index (χ0n) is 8.79. The maximum Gasteiger partial charge on any atom is 0.411 e. The van der Waals surface area contributed by atoms with Crippen LogP contribution in [0.5, 0.6) is 0 Å². The fraction of sp³-hybridized carbons (Fsp3) is 0.875. The first-order valence-corrected chi connectivity index (χ1v) is 4.30. The second-order valence-corrected chi connectivity index (χ2v) is 3.28. The van der Waals surface area contributed by atoms with E-state index in [0.717, 1.165) is 6.07 Å². The molecular weight excluding hydrogens is 278 g/mol. The lowest BCUT2D eigenvalue weighted by Crippen LogP contribution is -2.61. The van der Waals surface area contributed by atoms with Gasteiger partial charge in [0.1, 0.15) is 0 Å². The van der Waals surface area contributed by atoms with Crippen molar-refractivity contribution in [2.24, 2.45) is 5.41 Å². The highest BCUT2D eigenvalue weighted by Crippen LogP contribution is 2.61. The van der Waals surface area contributed by atoms with Crippen molar-refractivity contribution < 1.29 is 39.9 Å². The van der Waals surface area contributed by atoms with E-state index in [9.17, 15) is 35.1 Å². The molecule has 0 aromatic carbocycles. The Labute approximate surface area is 96.1 Å². The van der Waals surface area contributed by atoms with E-state index in [2.05, 4.69) is 4.74 Å². The van der Waals surface area contributed by atoms with E-state index in [1.54, 1.807) is 0 Å². The summed E-state index contributed by atoms with van der Waals surface area (Å²) in [6, 6.07) is 0.974. The van der Waals surface area contributed by atoms with Crippen LogP contribution >= 0.6 is 0 Å². The van der Waals surface area contributed by atoms with Gasteiger partial charge < -0.3 is 4.74 Å². The van der Waals surface area contributed by atoms with Crippen molar-refractivity contribution in [1.82, 2.24) is 0 Å². The average molecular weight is 285 g/mol. The molecule has 0 radical (unpaired) electrons. The van der Waals surface area contributed by atoms with Crippen LogP contribution in [0.1, 0.15) is 12.8 Å². The lowest BCUT2D eigenvalue weighted by atomic mass is 9.80. The number of alkyl halides is 8. The van der Waals surface area contributed by atoms with E-state index in [4.69, 9.17) is 5.26 Å². The van der Waals surface area contributed by atoms with Crippen LogP contribution in [-0.2, 0) is 4.74 Å². The Morgan fingerprint density at radius 2 is 1.33 bits per heavy atom. The lowest BCUT2D eigenvalue weighted by molar-refractivity contribution is -0.451. The number of ether oxygens (including phenoxy) is 1. The van der Waals surface area contributed by atoms with E-state index in [0.29, 0.717) is 0 Å². The molecule has 0 bridgehead atoms. The summed E-state index contributed by atoms with van der Waals surface area (Å²) in [7, 11) is 0.0264. The highest BCUT2D eigenvalue weighted by atomic mass is 19.4. The highest BCUT2D eigenvalue weighted by Gasteiger charge is 2.82. The molecule has 0 saturated heterocycles. The Bertz CT molecular complexity index is 311. The van der Waals surface area contributed by atoms with Crippen LogP contribution in [0, 0.1) is 16.7 Å². The van der Waals surface area contributed by atoms with Gasteiger partial charge in [-0.2, -0.15) is 40.4 Å². The van der Waals surface area contributed by atoms with Gasteiger partial charge in [-0.1, -0.05) is 0 Å². The molecule has 0 aliphatic rings. The normalized spacial score (nSPS) is 14.4. The van der Waals surface area contributed by atoms with Gasteiger partial charge in [0.05, 0.1) is 6.07 Å². The molecular formula is C8H7F8NO. The van der Waals surface area contributed by atoms with Gasteiger partial charge in [-0.25, -0.2) is 0 Å². The van der Waals surface area contributed by atoms with E-state index >= 15 is 0 Å². The average Bonchev–Trinajstić information content (AvgIpc) is 2.14. The van der Waals surface area contributed by atoms with Crippen LogP contribution in [0.4, 0.5) is 35.1 Å². The first kappa shape index (κ1) is 16.9. The first-order valence-electron chi connectivity index (χ1n) is 4.30. The Kier molecular flexibility index (Phi) is 4.57. The summed E-state index contributed by atoms with van der Waals surface area (Å²) < 4.78 is 104. The smallest absolute Gasteiger partial charge is 0.323 e. The Morgan fingerprint density at radius 1 is 0.944 bits per heavy atom. The van der Waals surface area contributed by atoms with Gasteiger partial charge in [-0.15, -0.1) is 0 Å². The van der Waals surface area contributed by atoms with Gasteiger partial charge in [-0.05, 0) is 6.42 Å². The van der Waals surface area contributed by atoms with Crippen LogP contribution in [-0.4, -0.2) is 25.6 Å². The third kappa shape index (κ3) is 2.50. The van der Waals surface area contributed by atoms with Crippen molar-refractivity contribution in [2.75, 3.05) is 7.11 Å². The molecule has 0 N–H and O–H groups in total. The van der Waals surface area contributed by atoms with Gasteiger partial charge in [0, 0.05) is 13.5 Å². The second-order valence-electron chi connectivity index (χ2n) is 3.28. The van der Waals surface area contributed by atoms with Gasteiger partial charge in [0.2, 0.25) is 0 Å². The van der Waals surface area contributed by atoms with E-state index < -0.39 is 36.7 Å². The molecule has 2 nitrogen and oxygen atoms in total. The minimum Gasteiger partial charge on any atom is -0.323 e. The minimum absolute atomic E-state index is 0.0264. The van der Waals surface area contributed by atoms with Crippen LogP contribution < -0.4 is 0 Å². The number of hydrogen-bond acceptors (Lipinski definition) is 2. The van der Waals surface area contributed by atoms with Crippen LogP contribution in [0.2, 0.25) is 0 Å². The summed E-state index contributed by atoms with van der Waals surface area (Å²) in [4.78, 5) is 0. The van der Waals surface area contributed by atoms with Gasteiger partial charge >= 0.3 is 18.5 Å². The molecule has 0 aliphatic heterocycles. The van der Waals surface area contributed by atoms with Gasteiger partial charge in [-0.3, -0.25) is 0 Å². The Morgan fingerprint density at radius 3 is 1.56 bits per heavy atom. The molecule has 0 amide bonds. The summed E-state index contributed by atoms with van der Waals surface area (Å²) in [6.45, 7) is 0. The largest absolute Gasteiger partial charge is 0.411 e. The summed E-state index contributed by atoms with van der Waals surface area (Å²) in [5.74, 6) is 0. The standard InChI is InChI=1S/C8H7F8NO/c1-18-8(15,16)5(3-2-4-17,6(9,10)11)7(12,13)14/h2-3H2,1H3. The summed E-state index contributed by atoms with van der Waals surface area (Å²) in [5.41, 5.74) is -5.41. The van der Waals surface area contributed by atoms with Crippen LogP contribution in [0.15, 0.2) is 0 Å². The van der Waals surface area contributed by atoms with Crippen molar-refractivity contribution in [1.29, 1.82) is 5.26 Å². The third-order valence-corrected chi connectivity index (χ3v) is 2.33. The SMILES string of the molecule is COC(F)(F)C(CCC#N)(C(F)(F)F)C(F)(F)F. The molecule has 18 heavy (non-hydrogen) atoms. The molecule has 0 fully saturated rings. The zero-order chi connectivity index (χ0) is 14.8. The molecule has 0 spiro atoms. The topological polar surface area (TPSA) is 33.0 Å². The molecule has 0 rings (SSSR count). The summed E-state index contributed by atoms with van der Waals surface area (Å²) in [6.07, 6.45) is -21.7. The molecule has 0 unspecified atom stereocenters. The lowest BCUT2D eigenvalue weighted by Gasteiger charge is -2.40. The van der Waals surface area contributed by atoms with Crippen molar-refractivity contribution in [2.45, 2.75) is 31.3 Å². The maximum atomic E-state index is 13.0. The van der Waals surface area contributed by atoms with Gasteiger partial charge in [0.15, 0.2) is 0 Å². The minimum atomic E-state index is -6.32. The Hall–Kier alpha value is -1.11. The molecule has 10 heteroatoms. The van der Waals surface area contributed by atoms with Crippen LogP contribution in [0.25, 0.3) is 0 Å². The zero-order valence-corrected chi connectivity index (χ0v) is 8.79. The molecule has 106 valence electrons. The third-order valence-electron chi connectivity index (χ3n) is 2.33. The molecule has 0 aromatic rings. The number of hydrogen-bond donors (Lipinski definition) is 0. The van der Waals surface area contributed by atoms with Crippen molar-refractivity contribution >= 4 is 0 Å². The van der Waals surface area contributed by atoms with E-state index in [-0.39, 0.29) is 7.11 Å². The quantitative estimate of drug-likeness (QED) is 0.739. The van der Waals surface area contributed by atoms with Crippen molar-refractivity contribution in [3.05, 3.63) is 0 Å². The number of rotatable bonds is 4. The van der Waals surface area contributed by atoms with E-state index in [1.165, 1.54) is 0 Å². The fourth-order valence-electron chi connectivity index (χ4n) is 1.34. The van der Waals surface area contributed by atoms with Crippen molar-refractivity contribution in [3.8, 4) is 6.07 Å². The summed E-state index contributed by atoms with van der Waals surface area (Å²) >= 11 is 0. The predicted molar refractivity (Wildman–Crippen MR) is 41.3 cm³/mol. The van der Waals surface area contributed by atoms with Crippen molar-refractivity contribution in [3.63, 3.8) is 0 Å². The number of halogens is 8. The molecule has 0 heterocycles. The second kappa shape index (κ2) is 4.87. The molecule has 0 saturated carbocycles. The van der Waals surface area contributed by atoms with E-state index in [1.807, 2.05) is 0 Å². The number of methoxy groups -OCH3 is 1. The van der Waals surface area contributed by atoms with Crippen LogP contribution in [0.3, 0.4) is 0 Å². The molecule has 0 aromatic heterocycles. The predicted octanol–water partition coefficient (Wildman–Crippen LogP) is 3.64. The first-order chi connectivity index (χ1) is 7.87. The maximum absolute atomic E-state index is 13.0. The fourth-order valence-corrected chi connectivity index (χ4v) is 1.34. The van der Waals surface area contributed by atoms with Gasteiger partial charge in [0.25, 0.3) is 5.41 Å². The highest BCUT2D eigenvalue weighted by molar-refractivity contribution is 5.01. The Balaban J connectivity index is 5.99. The monoisotopic (exact) mass is 285 g/mol. The summed E-state index contributed by atoms with van der Waals surface area (Å²) in [5, 5.41) is 8.03. The molecule has 0 aliphatic carbocycles. The molecule has 0 atom stereocenters. The number of nitrogens with zero attached hydrogens (tertiary/aromatic N) is 1.